The van der Waals surface area contributed by atoms with Crippen LogP contribution in [0.1, 0.15) is 0 Å². The van der Waals surface area contributed by atoms with Crippen molar-refractivity contribution in [2.24, 2.45) is 7.05 Å². The van der Waals surface area contributed by atoms with E-state index < -0.39 is 0 Å². The highest BCUT2D eigenvalue weighted by Gasteiger charge is 2.08. The van der Waals surface area contributed by atoms with Crippen molar-refractivity contribution in [3.8, 4) is 0 Å². The molecule has 0 atom stereocenters. The van der Waals surface area contributed by atoms with E-state index in [0.717, 1.165) is 0 Å². The summed E-state index contributed by atoms with van der Waals surface area (Å²) in [5, 5.41) is 3.90. The number of nitrogens with zero attached hydrogens (tertiary/aromatic N) is 1. The van der Waals surface area contributed by atoms with Crippen LogP contribution in [0.15, 0.2) is 48.7 Å². The van der Waals surface area contributed by atoms with Gasteiger partial charge in [0, 0.05) is 40.4 Å². The fourth-order valence-corrected chi connectivity index (χ4v) is 2.67. The molecule has 0 aliphatic carbocycles. The number of hydrogen-bond donors (Lipinski definition) is 1. The van der Waals surface area contributed by atoms with Gasteiger partial charge in [-0.3, -0.25) is 0 Å². The molecule has 0 amide bonds. The highest BCUT2D eigenvalue weighted by Crippen LogP contribution is 2.31. The Morgan fingerprint density at radius 1 is 0.882 bits per heavy atom. The van der Waals surface area contributed by atoms with Crippen LogP contribution in [0.5, 0.6) is 0 Å². The molecule has 17 heavy (non-hydrogen) atoms. The molecule has 2 heteroatoms. The van der Waals surface area contributed by atoms with E-state index in [-0.39, 0.29) is 0 Å². The summed E-state index contributed by atoms with van der Waals surface area (Å²) in [5.41, 5.74) is 3.72. The molecule has 0 radical (unpaired) electrons. The zero-order valence-corrected chi connectivity index (χ0v) is 9.57. The molecule has 82 valence electrons. The van der Waals surface area contributed by atoms with Crippen molar-refractivity contribution in [3.63, 3.8) is 0 Å². The van der Waals surface area contributed by atoms with Gasteiger partial charge in [0.2, 0.25) is 0 Å². The van der Waals surface area contributed by atoms with Crippen LogP contribution in [0.4, 0.5) is 0 Å². The first-order valence-electron chi connectivity index (χ1n) is 5.79. The van der Waals surface area contributed by atoms with Crippen LogP contribution < -0.4 is 0 Å². The molecule has 4 aromatic rings. The first-order chi connectivity index (χ1) is 8.34. The van der Waals surface area contributed by atoms with Crippen molar-refractivity contribution in [3.05, 3.63) is 48.7 Å². The maximum atomic E-state index is 3.52. The van der Waals surface area contributed by atoms with E-state index in [1.165, 1.54) is 32.7 Å². The third kappa shape index (κ3) is 1.04. The lowest BCUT2D eigenvalue weighted by Crippen LogP contribution is -1.82. The molecule has 0 fully saturated rings. The quantitative estimate of drug-likeness (QED) is 0.465. The van der Waals surface area contributed by atoms with Crippen LogP contribution in [-0.2, 0) is 7.05 Å². The minimum absolute atomic E-state index is 1.21. The van der Waals surface area contributed by atoms with Gasteiger partial charge in [0.1, 0.15) is 0 Å². The Bertz CT molecular complexity index is 849. The Kier molecular flexibility index (Phi) is 1.52. The zero-order valence-electron chi connectivity index (χ0n) is 9.57. The summed E-state index contributed by atoms with van der Waals surface area (Å²) in [4.78, 5) is 3.52. The maximum absolute atomic E-state index is 3.52. The standard InChI is InChI=1S/C15H12N2/c1-17-9-8-12-14(17)7-6-11-10-4-2-3-5-13(10)16-15(11)12/h2-9,16H,1H3. The third-order valence-electron chi connectivity index (χ3n) is 3.54. The van der Waals surface area contributed by atoms with Gasteiger partial charge in [-0.2, -0.15) is 0 Å². The lowest BCUT2D eigenvalue weighted by atomic mass is 10.1. The first kappa shape index (κ1) is 8.88. The average Bonchev–Trinajstić information content (AvgIpc) is 2.90. The van der Waals surface area contributed by atoms with E-state index in [4.69, 9.17) is 0 Å². The predicted molar refractivity (Wildman–Crippen MR) is 72.3 cm³/mol. The second-order valence-electron chi connectivity index (χ2n) is 4.52. The number of aromatic amines is 1. The molecule has 2 heterocycles. The normalized spacial score (nSPS) is 11.8. The predicted octanol–water partition coefficient (Wildman–Crippen LogP) is 3.81. The SMILES string of the molecule is Cn1ccc2c3[nH]c4ccccc4c3ccc21. The lowest BCUT2D eigenvalue weighted by molar-refractivity contribution is 0.969. The number of H-pyrrole nitrogens is 1. The molecule has 0 aliphatic heterocycles. The molecule has 2 aromatic carbocycles. The van der Waals surface area contributed by atoms with Gasteiger partial charge in [-0.1, -0.05) is 24.3 Å². The third-order valence-corrected chi connectivity index (χ3v) is 3.54. The highest BCUT2D eigenvalue weighted by atomic mass is 14.9. The van der Waals surface area contributed by atoms with Crippen molar-refractivity contribution in [2.45, 2.75) is 0 Å². The van der Waals surface area contributed by atoms with Crippen LogP contribution >= 0.6 is 0 Å². The number of nitrogens with one attached hydrogen (secondary N) is 1. The van der Waals surface area contributed by atoms with E-state index >= 15 is 0 Å². The molecule has 2 nitrogen and oxygen atoms in total. The maximum Gasteiger partial charge on any atom is 0.0560 e. The number of aromatic nitrogens is 2. The van der Waals surface area contributed by atoms with Gasteiger partial charge in [0.05, 0.1) is 5.52 Å². The van der Waals surface area contributed by atoms with Crippen LogP contribution in [-0.4, -0.2) is 9.55 Å². The van der Waals surface area contributed by atoms with Crippen molar-refractivity contribution in [1.29, 1.82) is 0 Å². The number of hydrogen-bond acceptors (Lipinski definition) is 0. The van der Waals surface area contributed by atoms with Gasteiger partial charge in [-0.15, -0.1) is 0 Å². The van der Waals surface area contributed by atoms with Crippen molar-refractivity contribution < 1.29 is 0 Å². The number of aryl methyl sites for hydroxylation is 1. The second kappa shape index (κ2) is 2.92. The summed E-state index contributed by atoms with van der Waals surface area (Å²) >= 11 is 0. The van der Waals surface area contributed by atoms with E-state index in [0.29, 0.717) is 0 Å². The monoisotopic (exact) mass is 220 g/mol. The molecule has 1 N–H and O–H groups in total. The number of benzene rings is 2. The Labute approximate surface area is 98.5 Å². The van der Waals surface area contributed by atoms with Crippen molar-refractivity contribution in [2.75, 3.05) is 0 Å². The lowest BCUT2D eigenvalue weighted by Gasteiger charge is -1.97. The van der Waals surface area contributed by atoms with Gasteiger partial charge >= 0.3 is 0 Å². The summed E-state index contributed by atoms with van der Waals surface area (Å²) in [7, 11) is 2.08. The highest BCUT2D eigenvalue weighted by molar-refractivity contribution is 6.16. The van der Waals surface area contributed by atoms with Crippen LogP contribution in [0.2, 0.25) is 0 Å². The Balaban J connectivity index is 2.34. The van der Waals surface area contributed by atoms with Gasteiger partial charge in [-0.25, -0.2) is 0 Å². The van der Waals surface area contributed by atoms with Crippen LogP contribution in [0.25, 0.3) is 32.7 Å². The van der Waals surface area contributed by atoms with Crippen LogP contribution in [0, 0.1) is 0 Å². The molecule has 0 unspecified atom stereocenters. The van der Waals surface area contributed by atoms with Gasteiger partial charge < -0.3 is 9.55 Å². The summed E-state index contributed by atoms with van der Waals surface area (Å²) in [5.74, 6) is 0. The minimum Gasteiger partial charge on any atom is -0.354 e. The molecular weight excluding hydrogens is 208 g/mol. The molecule has 0 bridgehead atoms. The van der Waals surface area contributed by atoms with Crippen molar-refractivity contribution >= 4 is 32.7 Å². The summed E-state index contributed by atoms with van der Waals surface area (Å²) in [6.07, 6.45) is 2.11. The summed E-state index contributed by atoms with van der Waals surface area (Å²) in [6.45, 7) is 0. The number of para-hydroxylation sites is 1. The Morgan fingerprint density at radius 2 is 1.76 bits per heavy atom. The van der Waals surface area contributed by atoms with E-state index in [1.54, 1.807) is 0 Å². The topological polar surface area (TPSA) is 20.7 Å². The summed E-state index contributed by atoms with van der Waals surface area (Å²) in [6, 6.07) is 15.0. The molecule has 2 aromatic heterocycles. The van der Waals surface area contributed by atoms with E-state index in [1.807, 2.05) is 0 Å². The van der Waals surface area contributed by atoms with Gasteiger partial charge in [-0.05, 0) is 18.2 Å². The number of fused-ring (bicyclic) bond motifs is 5. The Morgan fingerprint density at radius 3 is 2.71 bits per heavy atom. The van der Waals surface area contributed by atoms with E-state index in [2.05, 4.69) is 65.3 Å². The minimum atomic E-state index is 1.21. The van der Waals surface area contributed by atoms with Gasteiger partial charge in [0.25, 0.3) is 0 Å². The second-order valence-corrected chi connectivity index (χ2v) is 4.52. The largest absolute Gasteiger partial charge is 0.354 e. The fraction of sp³-hybridized carbons (Fsp3) is 0.0667. The molecular formula is C15H12N2. The van der Waals surface area contributed by atoms with Crippen molar-refractivity contribution in [1.82, 2.24) is 9.55 Å². The molecule has 0 spiro atoms. The smallest absolute Gasteiger partial charge is 0.0560 e. The molecule has 4 rings (SSSR count). The summed E-state index contributed by atoms with van der Waals surface area (Å²) < 4.78 is 2.15. The average molecular weight is 220 g/mol. The van der Waals surface area contributed by atoms with Gasteiger partial charge in [0.15, 0.2) is 0 Å². The molecule has 0 aliphatic rings. The fourth-order valence-electron chi connectivity index (χ4n) is 2.67. The molecule has 0 saturated heterocycles. The van der Waals surface area contributed by atoms with E-state index in [9.17, 15) is 0 Å². The zero-order chi connectivity index (χ0) is 11.4. The first-order valence-corrected chi connectivity index (χ1v) is 5.79. The number of rotatable bonds is 0. The molecule has 0 saturated carbocycles. The Hall–Kier alpha value is -2.22. The van der Waals surface area contributed by atoms with Crippen LogP contribution in [0.3, 0.4) is 0 Å².